The molecule has 0 bridgehead atoms. The molecule has 1 saturated heterocycles. The van der Waals surface area contributed by atoms with Crippen LogP contribution in [0.25, 0.3) is 21.9 Å². The molecule has 2 aromatic carbocycles. The van der Waals surface area contributed by atoms with Crippen LogP contribution in [0.2, 0.25) is 0 Å². The van der Waals surface area contributed by atoms with E-state index in [-0.39, 0.29) is 18.2 Å². The molecule has 2 aromatic heterocycles. The number of H-pyrrole nitrogens is 1. The summed E-state index contributed by atoms with van der Waals surface area (Å²) < 4.78 is 24.4. The van der Waals surface area contributed by atoms with E-state index >= 15 is 0 Å². The van der Waals surface area contributed by atoms with Crippen LogP contribution in [0.5, 0.6) is 5.75 Å². The van der Waals surface area contributed by atoms with Gasteiger partial charge >= 0.3 is 0 Å². The molecule has 0 saturated carbocycles. The number of hydrogen-bond donors (Lipinski definition) is 2. The maximum absolute atomic E-state index is 13.6. The van der Waals surface area contributed by atoms with Gasteiger partial charge in [0, 0.05) is 34.5 Å². The Morgan fingerprint density at radius 3 is 2.94 bits per heavy atom. The van der Waals surface area contributed by atoms with E-state index in [0.29, 0.717) is 17.4 Å². The van der Waals surface area contributed by atoms with Gasteiger partial charge in [-0.15, -0.1) is 12.4 Å². The number of fused-ring (bicyclic) bond motifs is 2. The molecule has 2 unspecified atom stereocenters. The summed E-state index contributed by atoms with van der Waals surface area (Å²) in [6, 6.07) is 10.9. The highest BCUT2D eigenvalue weighted by molar-refractivity contribution is 5.85. The number of aryl methyl sites for hydroxylation is 1. The molecule has 0 aliphatic carbocycles. The van der Waals surface area contributed by atoms with Crippen LogP contribution in [0.15, 0.2) is 47.1 Å². The Balaban J connectivity index is 0.00000231. The van der Waals surface area contributed by atoms with Gasteiger partial charge in [-0.25, -0.2) is 4.39 Å². The zero-order chi connectivity index (χ0) is 20.5. The van der Waals surface area contributed by atoms with E-state index in [1.165, 1.54) is 23.1 Å². The van der Waals surface area contributed by atoms with E-state index in [9.17, 15) is 4.39 Å². The molecule has 0 spiro atoms. The Morgan fingerprint density at radius 1 is 1.23 bits per heavy atom. The first kappa shape index (κ1) is 21.7. The molecule has 2 N–H and O–H groups in total. The molecule has 1 fully saturated rings. The van der Waals surface area contributed by atoms with Gasteiger partial charge < -0.3 is 19.6 Å². The number of ether oxygens (including phenoxy) is 1. The Morgan fingerprint density at radius 2 is 2.13 bits per heavy atom. The maximum Gasteiger partial charge on any atom is 0.170 e. The first-order valence-electron chi connectivity index (χ1n) is 10.6. The first-order chi connectivity index (χ1) is 14.7. The largest absolute Gasteiger partial charge is 0.497 e. The van der Waals surface area contributed by atoms with Crippen LogP contribution in [0.3, 0.4) is 0 Å². The predicted octanol–water partition coefficient (Wildman–Crippen LogP) is 5.59. The number of aromatic amines is 1. The first-order valence-corrected chi connectivity index (χ1v) is 10.6. The second-order valence-electron chi connectivity index (χ2n) is 8.19. The lowest BCUT2D eigenvalue weighted by Gasteiger charge is -2.21. The third-order valence-corrected chi connectivity index (χ3v) is 6.42. The number of benzene rings is 2. The smallest absolute Gasteiger partial charge is 0.170 e. The fourth-order valence-electron chi connectivity index (χ4n) is 4.82. The van der Waals surface area contributed by atoms with Gasteiger partial charge in [0.15, 0.2) is 5.58 Å². The number of hydrogen-bond acceptors (Lipinski definition) is 4. The van der Waals surface area contributed by atoms with E-state index in [4.69, 9.17) is 9.26 Å². The summed E-state index contributed by atoms with van der Waals surface area (Å²) >= 11 is 0. The van der Waals surface area contributed by atoms with Crippen molar-refractivity contribution in [2.24, 2.45) is 5.92 Å². The monoisotopic (exact) mass is 443 g/mol. The van der Waals surface area contributed by atoms with Gasteiger partial charge in [0.2, 0.25) is 0 Å². The fraction of sp³-hybridized carbons (Fsp3) is 0.375. The third-order valence-electron chi connectivity index (χ3n) is 6.42. The molecule has 1 aliphatic rings. The lowest BCUT2D eigenvalue weighted by atomic mass is 9.83. The number of methoxy groups -OCH3 is 1. The van der Waals surface area contributed by atoms with Crippen LogP contribution in [-0.4, -0.2) is 30.3 Å². The number of nitrogens with zero attached hydrogens (tertiary/aromatic N) is 1. The van der Waals surface area contributed by atoms with Gasteiger partial charge in [-0.2, -0.15) is 0 Å². The number of rotatable bonds is 7. The van der Waals surface area contributed by atoms with Crippen LogP contribution < -0.4 is 10.1 Å². The number of nitrogens with one attached hydrogen (secondary N) is 2. The minimum Gasteiger partial charge on any atom is -0.497 e. The zero-order valence-corrected chi connectivity index (χ0v) is 18.3. The molecule has 5 nitrogen and oxygen atoms in total. The fourth-order valence-corrected chi connectivity index (χ4v) is 4.82. The topological polar surface area (TPSA) is 63.1 Å². The Labute approximate surface area is 186 Å². The van der Waals surface area contributed by atoms with Gasteiger partial charge in [0.05, 0.1) is 12.8 Å². The van der Waals surface area contributed by atoms with Crippen molar-refractivity contribution in [2.45, 2.75) is 31.6 Å². The van der Waals surface area contributed by atoms with Crippen molar-refractivity contribution in [2.75, 3.05) is 20.2 Å². The van der Waals surface area contributed by atoms with E-state index < -0.39 is 0 Å². The summed E-state index contributed by atoms with van der Waals surface area (Å²) in [5.41, 5.74) is 3.94. The van der Waals surface area contributed by atoms with E-state index in [1.807, 2.05) is 6.07 Å². The molecular weight excluding hydrogens is 417 g/mol. The van der Waals surface area contributed by atoms with Crippen LogP contribution >= 0.6 is 12.4 Å². The van der Waals surface area contributed by atoms with Crippen LogP contribution in [-0.2, 0) is 6.42 Å². The molecular formula is C24H27ClFN3O2. The van der Waals surface area contributed by atoms with E-state index in [1.54, 1.807) is 13.2 Å². The molecule has 7 heteroatoms. The second kappa shape index (κ2) is 9.28. The highest BCUT2D eigenvalue weighted by Crippen LogP contribution is 2.37. The molecule has 0 radical (unpaired) electrons. The molecule has 0 amide bonds. The molecule has 2 atom stereocenters. The van der Waals surface area contributed by atoms with Gasteiger partial charge in [-0.3, -0.25) is 0 Å². The van der Waals surface area contributed by atoms with Gasteiger partial charge in [0.25, 0.3) is 0 Å². The normalized spacial score (nSPS) is 17.2. The highest BCUT2D eigenvalue weighted by atomic mass is 35.5. The van der Waals surface area contributed by atoms with Gasteiger partial charge in [-0.05, 0) is 80.6 Å². The lowest BCUT2D eigenvalue weighted by Crippen LogP contribution is -2.17. The standard InChI is InChI=1S/C24H26FN3O2.ClH/c1-29-18-6-8-22-21(12-18)15(14-27-22)3-2-4-19(16-9-10-26-13-16)24-20-7-5-17(25)11-23(20)30-28-24;/h5-8,11-12,14,16,19,26-27H,2-4,9-10,13H2,1H3;1H. The minimum absolute atomic E-state index is 0. The molecule has 164 valence electrons. The minimum atomic E-state index is -0.293. The van der Waals surface area contributed by atoms with Gasteiger partial charge in [0.1, 0.15) is 11.6 Å². The Hall–Kier alpha value is -2.57. The van der Waals surface area contributed by atoms with Crippen molar-refractivity contribution in [3.8, 4) is 5.75 Å². The summed E-state index contributed by atoms with van der Waals surface area (Å²) in [4.78, 5) is 3.36. The highest BCUT2D eigenvalue weighted by Gasteiger charge is 2.30. The van der Waals surface area contributed by atoms with Crippen molar-refractivity contribution in [3.63, 3.8) is 0 Å². The molecule has 5 rings (SSSR count). The molecule has 4 aromatic rings. The Bertz CT molecular complexity index is 1170. The molecule has 1 aliphatic heterocycles. The van der Waals surface area contributed by atoms with Crippen LogP contribution in [0, 0.1) is 11.7 Å². The quantitative estimate of drug-likeness (QED) is 0.390. The van der Waals surface area contributed by atoms with Crippen LogP contribution in [0.1, 0.15) is 36.4 Å². The van der Waals surface area contributed by atoms with E-state index in [2.05, 4.69) is 33.8 Å². The van der Waals surface area contributed by atoms with Crippen LogP contribution in [0.4, 0.5) is 4.39 Å². The van der Waals surface area contributed by atoms with Crippen molar-refractivity contribution in [1.29, 1.82) is 0 Å². The van der Waals surface area contributed by atoms with Crippen molar-refractivity contribution in [3.05, 3.63) is 59.7 Å². The Kier molecular flexibility index (Phi) is 6.49. The lowest BCUT2D eigenvalue weighted by molar-refractivity contribution is 0.380. The predicted molar refractivity (Wildman–Crippen MR) is 123 cm³/mol. The maximum atomic E-state index is 13.6. The summed E-state index contributed by atoms with van der Waals surface area (Å²) in [7, 11) is 1.70. The zero-order valence-electron chi connectivity index (χ0n) is 17.5. The van der Waals surface area contributed by atoms with Crippen molar-refractivity contribution < 1.29 is 13.7 Å². The average Bonchev–Trinajstić information content (AvgIpc) is 3.51. The summed E-state index contributed by atoms with van der Waals surface area (Å²) in [6.45, 7) is 2.03. The number of aromatic nitrogens is 2. The van der Waals surface area contributed by atoms with Gasteiger partial charge in [-0.1, -0.05) is 5.16 Å². The second-order valence-corrected chi connectivity index (χ2v) is 8.19. The summed E-state index contributed by atoms with van der Waals surface area (Å²) in [5.74, 6) is 1.40. The average molecular weight is 444 g/mol. The SMILES string of the molecule is COc1ccc2[nH]cc(CCCC(c3noc4cc(F)ccc34)C3CCNC3)c2c1.Cl. The molecule has 31 heavy (non-hydrogen) atoms. The number of halogens is 2. The van der Waals surface area contributed by atoms with Crippen molar-refractivity contribution >= 4 is 34.3 Å². The van der Waals surface area contributed by atoms with E-state index in [0.717, 1.165) is 61.1 Å². The summed E-state index contributed by atoms with van der Waals surface area (Å²) in [6.07, 6.45) is 6.27. The summed E-state index contributed by atoms with van der Waals surface area (Å²) in [5, 5.41) is 10.0. The molecule has 3 heterocycles. The van der Waals surface area contributed by atoms with Crippen molar-refractivity contribution in [1.82, 2.24) is 15.5 Å². The third kappa shape index (κ3) is 4.27.